The maximum Gasteiger partial charge on any atom is 0.123 e. The smallest absolute Gasteiger partial charge is 0.123 e. The number of anilines is 1. The van der Waals surface area contributed by atoms with Crippen molar-refractivity contribution in [1.82, 2.24) is 0 Å². The highest BCUT2D eigenvalue weighted by atomic mass is 19.1. The van der Waals surface area contributed by atoms with Gasteiger partial charge in [0.05, 0.1) is 5.54 Å². The van der Waals surface area contributed by atoms with Crippen molar-refractivity contribution >= 4 is 5.69 Å². The van der Waals surface area contributed by atoms with E-state index >= 15 is 0 Å². The summed E-state index contributed by atoms with van der Waals surface area (Å²) in [6, 6.07) is 6.85. The summed E-state index contributed by atoms with van der Waals surface area (Å²) >= 11 is 0. The Bertz CT molecular complexity index is 433. The number of rotatable bonds is 5. The zero-order valence-electron chi connectivity index (χ0n) is 13.6. The van der Waals surface area contributed by atoms with Crippen LogP contribution in [-0.4, -0.2) is 18.6 Å². The molecule has 3 heteroatoms. The Hall–Kier alpha value is -1.09. The number of nitrogens with zero attached hydrogens (tertiary/aromatic N) is 1. The molecule has 2 rings (SSSR count). The largest absolute Gasteiger partial charge is 0.365 e. The van der Waals surface area contributed by atoms with E-state index in [2.05, 4.69) is 25.7 Å². The van der Waals surface area contributed by atoms with Gasteiger partial charge >= 0.3 is 0 Å². The molecule has 21 heavy (non-hydrogen) atoms. The van der Waals surface area contributed by atoms with E-state index in [1.54, 1.807) is 12.1 Å². The molecule has 2 nitrogen and oxygen atoms in total. The van der Waals surface area contributed by atoms with E-state index in [0.717, 1.165) is 36.9 Å². The molecule has 1 aromatic carbocycles. The summed E-state index contributed by atoms with van der Waals surface area (Å²) in [5.74, 6) is 1.39. The lowest BCUT2D eigenvalue weighted by Gasteiger charge is -2.49. The fraction of sp³-hybridized carbons (Fsp3) is 0.667. The summed E-state index contributed by atoms with van der Waals surface area (Å²) in [6.45, 7) is 8.38. The summed E-state index contributed by atoms with van der Waals surface area (Å²) in [5.41, 5.74) is 7.32. The van der Waals surface area contributed by atoms with Crippen LogP contribution in [0, 0.1) is 17.7 Å². The predicted molar refractivity (Wildman–Crippen MR) is 88.0 cm³/mol. The van der Waals surface area contributed by atoms with Crippen molar-refractivity contribution in [2.75, 3.05) is 18.0 Å². The molecular formula is C18H29FN2. The van der Waals surface area contributed by atoms with Crippen LogP contribution in [0.3, 0.4) is 0 Å². The average molecular weight is 292 g/mol. The highest BCUT2D eigenvalue weighted by molar-refractivity contribution is 5.49. The van der Waals surface area contributed by atoms with Crippen molar-refractivity contribution in [1.29, 1.82) is 0 Å². The Labute approximate surface area is 128 Å². The van der Waals surface area contributed by atoms with Crippen molar-refractivity contribution in [3.63, 3.8) is 0 Å². The van der Waals surface area contributed by atoms with Gasteiger partial charge in [-0.25, -0.2) is 4.39 Å². The second-order valence-electron chi connectivity index (χ2n) is 6.73. The maximum atomic E-state index is 13.2. The van der Waals surface area contributed by atoms with Crippen LogP contribution in [0.5, 0.6) is 0 Å². The molecule has 0 heterocycles. The van der Waals surface area contributed by atoms with Crippen molar-refractivity contribution in [2.45, 2.75) is 52.0 Å². The molecule has 118 valence electrons. The molecule has 0 amide bonds. The number of hydrogen-bond donors (Lipinski definition) is 1. The Kier molecular flexibility index (Phi) is 5.26. The SMILES string of the molecule is CCN(c1ccc(F)cc1)C1(CN)CCC(C(C)C)CC1. The van der Waals surface area contributed by atoms with Gasteiger partial charge in [-0.3, -0.25) is 0 Å². The van der Waals surface area contributed by atoms with Crippen LogP contribution in [0.15, 0.2) is 24.3 Å². The molecule has 1 aliphatic rings. The monoisotopic (exact) mass is 292 g/mol. The second kappa shape index (κ2) is 6.78. The summed E-state index contributed by atoms with van der Waals surface area (Å²) < 4.78 is 13.2. The fourth-order valence-electron chi connectivity index (χ4n) is 3.84. The van der Waals surface area contributed by atoms with E-state index in [9.17, 15) is 4.39 Å². The molecular weight excluding hydrogens is 263 g/mol. The molecule has 0 unspecified atom stereocenters. The van der Waals surface area contributed by atoms with E-state index in [0.29, 0.717) is 6.54 Å². The molecule has 1 aliphatic carbocycles. The predicted octanol–water partition coefficient (Wildman–Crippen LogP) is 4.20. The molecule has 1 fully saturated rings. The van der Waals surface area contributed by atoms with Gasteiger partial charge in [0, 0.05) is 18.8 Å². The molecule has 2 N–H and O–H groups in total. The maximum absolute atomic E-state index is 13.2. The van der Waals surface area contributed by atoms with Crippen LogP contribution in [0.1, 0.15) is 46.5 Å². The van der Waals surface area contributed by atoms with Crippen LogP contribution in [0.2, 0.25) is 0 Å². The lowest BCUT2D eigenvalue weighted by atomic mass is 9.72. The van der Waals surface area contributed by atoms with E-state index in [1.807, 2.05) is 12.1 Å². The van der Waals surface area contributed by atoms with Gasteiger partial charge in [-0.05, 0) is 68.7 Å². The van der Waals surface area contributed by atoms with E-state index in [-0.39, 0.29) is 11.4 Å². The summed E-state index contributed by atoms with van der Waals surface area (Å²) in [6.07, 6.45) is 4.76. The molecule has 0 aliphatic heterocycles. The standard InChI is InChI=1S/C18H29FN2/c1-4-21(17-7-5-16(19)6-8-17)18(13-20)11-9-15(10-12-18)14(2)3/h5-8,14-15H,4,9-13,20H2,1-3H3. The molecule has 1 saturated carbocycles. The second-order valence-corrected chi connectivity index (χ2v) is 6.73. The first-order chi connectivity index (χ1) is 10.0. The van der Waals surface area contributed by atoms with Crippen molar-refractivity contribution in [3.8, 4) is 0 Å². The van der Waals surface area contributed by atoms with Gasteiger partial charge in [0.1, 0.15) is 5.82 Å². The first kappa shape index (κ1) is 16.3. The van der Waals surface area contributed by atoms with Crippen LogP contribution >= 0.6 is 0 Å². The van der Waals surface area contributed by atoms with E-state index in [1.165, 1.54) is 12.8 Å². The molecule has 0 spiro atoms. The summed E-state index contributed by atoms with van der Waals surface area (Å²) in [5, 5.41) is 0. The molecule has 1 aromatic rings. The van der Waals surface area contributed by atoms with Gasteiger partial charge in [-0.2, -0.15) is 0 Å². The third-order valence-corrected chi connectivity index (χ3v) is 5.31. The van der Waals surface area contributed by atoms with Crippen LogP contribution in [-0.2, 0) is 0 Å². The Balaban J connectivity index is 2.20. The van der Waals surface area contributed by atoms with Crippen molar-refractivity contribution in [3.05, 3.63) is 30.1 Å². The Morgan fingerprint density at radius 3 is 2.24 bits per heavy atom. The molecule has 0 radical (unpaired) electrons. The number of nitrogens with two attached hydrogens (primary N) is 1. The van der Waals surface area contributed by atoms with Gasteiger partial charge in [-0.1, -0.05) is 13.8 Å². The molecule has 0 saturated heterocycles. The van der Waals surface area contributed by atoms with Crippen LogP contribution in [0.25, 0.3) is 0 Å². The highest BCUT2D eigenvalue weighted by Crippen LogP contribution is 2.40. The highest BCUT2D eigenvalue weighted by Gasteiger charge is 2.39. The number of hydrogen-bond acceptors (Lipinski definition) is 2. The topological polar surface area (TPSA) is 29.3 Å². The first-order valence-corrected chi connectivity index (χ1v) is 8.25. The zero-order chi connectivity index (χ0) is 15.5. The quantitative estimate of drug-likeness (QED) is 0.881. The Morgan fingerprint density at radius 1 is 1.24 bits per heavy atom. The normalized spacial score (nSPS) is 26.1. The number of halogens is 1. The number of likely N-dealkylation sites (N-methyl/N-ethyl adjacent to an activating group) is 1. The van der Waals surface area contributed by atoms with Crippen LogP contribution in [0.4, 0.5) is 10.1 Å². The minimum absolute atomic E-state index is 0.0397. The Morgan fingerprint density at radius 2 is 1.81 bits per heavy atom. The number of benzene rings is 1. The van der Waals surface area contributed by atoms with Crippen molar-refractivity contribution in [2.24, 2.45) is 17.6 Å². The van der Waals surface area contributed by atoms with Gasteiger partial charge in [0.2, 0.25) is 0 Å². The van der Waals surface area contributed by atoms with Gasteiger partial charge in [0.25, 0.3) is 0 Å². The van der Waals surface area contributed by atoms with Gasteiger partial charge < -0.3 is 10.6 Å². The molecule has 0 atom stereocenters. The lowest BCUT2D eigenvalue weighted by Crippen LogP contribution is -2.56. The van der Waals surface area contributed by atoms with Crippen molar-refractivity contribution < 1.29 is 4.39 Å². The average Bonchev–Trinajstić information content (AvgIpc) is 2.50. The minimum atomic E-state index is -0.180. The third kappa shape index (κ3) is 3.39. The zero-order valence-corrected chi connectivity index (χ0v) is 13.6. The fourth-order valence-corrected chi connectivity index (χ4v) is 3.84. The van der Waals surface area contributed by atoms with E-state index < -0.39 is 0 Å². The third-order valence-electron chi connectivity index (χ3n) is 5.31. The van der Waals surface area contributed by atoms with Gasteiger partial charge in [-0.15, -0.1) is 0 Å². The summed E-state index contributed by atoms with van der Waals surface area (Å²) in [4.78, 5) is 2.39. The molecule has 0 aromatic heterocycles. The van der Waals surface area contributed by atoms with Gasteiger partial charge in [0.15, 0.2) is 0 Å². The minimum Gasteiger partial charge on any atom is -0.365 e. The van der Waals surface area contributed by atoms with Crippen LogP contribution < -0.4 is 10.6 Å². The lowest BCUT2D eigenvalue weighted by molar-refractivity contribution is 0.191. The first-order valence-electron chi connectivity index (χ1n) is 8.25. The summed E-state index contributed by atoms with van der Waals surface area (Å²) in [7, 11) is 0. The van der Waals surface area contributed by atoms with E-state index in [4.69, 9.17) is 5.73 Å². The molecule has 0 bridgehead atoms.